The highest BCUT2D eigenvalue weighted by Crippen LogP contribution is 2.36. The lowest BCUT2D eigenvalue weighted by molar-refractivity contribution is 0.106. The average Bonchev–Trinajstić information content (AvgIpc) is 3.11. The van der Waals surface area contributed by atoms with Crippen LogP contribution in [0.1, 0.15) is 46.0 Å². The number of thioether (sulfide) groups is 1. The molecule has 25 heavy (non-hydrogen) atoms. The topological polar surface area (TPSA) is 48.9 Å². The first-order valence-corrected chi connectivity index (χ1v) is 11.2. The Morgan fingerprint density at radius 3 is 2.56 bits per heavy atom. The Hall–Kier alpha value is -0.460. The van der Waals surface area contributed by atoms with Crippen molar-refractivity contribution < 1.29 is 4.74 Å². The summed E-state index contributed by atoms with van der Waals surface area (Å²) in [4.78, 5) is 7.15. The van der Waals surface area contributed by atoms with E-state index in [0.717, 1.165) is 38.7 Å². The van der Waals surface area contributed by atoms with E-state index in [0.29, 0.717) is 11.5 Å². The first-order chi connectivity index (χ1) is 12.2. The van der Waals surface area contributed by atoms with E-state index in [1.165, 1.54) is 50.3 Å². The SMILES string of the molecule is CN=C(NCCCOCC(C)C)NCC1(N2CCSCC2)CCCC1. The molecule has 1 aliphatic heterocycles. The second-order valence-electron chi connectivity index (χ2n) is 7.71. The summed E-state index contributed by atoms with van der Waals surface area (Å²) in [7, 11) is 1.86. The van der Waals surface area contributed by atoms with E-state index in [4.69, 9.17) is 4.74 Å². The Labute approximate surface area is 158 Å². The van der Waals surface area contributed by atoms with Crippen molar-refractivity contribution >= 4 is 17.7 Å². The van der Waals surface area contributed by atoms with Crippen LogP contribution in [0, 0.1) is 5.92 Å². The third-order valence-electron chi connectivity index (χ3n) is 5.23. The zero-order valence-electron chi connectivity index (χ0n) is 16.5. The van der Waals surface area contributed by atoms with Gasteiger partial charge in [0.15, 0.2) is 5.96 Å². The molecule has 2 rings (SSSR count). The maximum atomic E-state index is 5.64. The predicted octanol–water partition coefficient (Wildman–Crippen LogP) is 2.58. The van der Waals surface area contributed by atoms with Gasteiger partial charge in [-0.3, -0.25) is 9.89 Å². The van der Waals surface area contributed by atoms with Crippen LogP contribution in [-0.4, -0.2) is 74.3 Å². The van der Waals surface area contributed by atoms with Crippen LogP contribution in [0.4, 0.5) is 0 Å². The van der Waals surface area contributed by atoms with Gasteiger partial charge in [-0.15, -0.1) is 0 Å². The summed E-state index contributed by atoms with van der Waals surface area (Å²) < 4.78 is 5.64. The van der Waals surface area contributed by atoms with E-state index in [9.17, 15) is 0 Å². The van der Waals surface area contributed by atoms with Crippen molar-refractivity contribution in [2.24, 2.45) is 10.9 Å². The van der Waals surface area contributed by atoms with Gasteiger partial charge in [-0.05, 0) is 25.2 Å². The molecule has 6 heteroatoms. The lowest BCUT2D eigenvalue weighted by atomic mass is 9.94. The first kappa shape index (κ1) is 20.8. The summed E-state index contributed by atoms with van der Waals surface area (Å²) in [5, 5.41) is 7.05. The zero-order valence-corrected chi connectivity index (χ0v) is 17.3. The molecule has 0 radical (unpaired) electrons. The average molecular weight is 371 g/mol. The molecule has 2 aliphatic rings. The molecule has 1 saturated carbocycles. The molecule has 1 heterocycles. The van der Waals surface area contributed by atoms with Gasteiger partial charge >= 0.3 is 0 Å². The van der Waals surface area contributed by atoms with Crippen LogP contribution in [0.15, 0.2) is 4.99 Å². The molecule has 0 aromatic carbocycles. The quantitative estimate of drug-likeness (QED) is 0.371. The van der Waals surface area contributed by atoms with E-state index in [1.54, 1.807) is 0 Å². The van der Waals surface area contributed by atoms with Crippen molar-refractivity contribution in [3.8, 4) is 0 Å². The summed E-state index contributed by atoms with van der Waals surface area (Å²) in [5.41, 5.74) is 0.346. The second-order valence-corrected chi connectivity index (χ2v) is 8.93. The van der Waals surface area contributed by atoms with Crippen molar-refractivity contribution in [3.05, 3.63) is 0 Å². The lowest BCUT2D eigenvalue weighted by Gasteiger charge is -2.43. The fraction of sp³-hybridized carbons (Fsp3) is 0.947. The Bertz CT molecular complexity index is 391. The Balaban J connectivity index is 1.71. The van der Waals surface area contributed by atoms with Crippen LogP contribution in [-0.2, 0) is 4.74 Å². The van der Waals surface area contributed by atoms with Crippen molar-refractivity contribution in [1.82, 2.24) is 15.5 Å². The number of nitrogens with zero attached hydrogens (tertiary/aromatic N) is 2. The molecule has 0 amide bonds. The van der Waals surface area contributed by atoms with E-state index < -0.39 is 0 Å². The summed E-state index contributed by atoms with van der Waals surface area (Å²) >= 11 is 2.09. The van der Waals surface area contributed by atoms with Gasteiger partial charge in [0.1, 0.15) is 0 Å². The third-order valence-corrected chi connectivity index (χ3v) is 6.18. The number of ether oxygens (including phenoxy) is 1. The first-order valence-electron chi connectivity index (χ1n) is 10.0. The maximum absolute atomic E-state index is 5.64. The molecular weight excluding hydrogens is 332 g/mol. The highest BCUT2D eigenvalue weighted by atomic mass is 32.2. The molecule has 2 N–H and O–H groups in total. The van der Waals surface area contributed by atoms with Gasteiger partial charge in [0.2, 0.25) is 0 Å². The molecule has 2 fully saturated rings. The minimum Gasteiger partial charge on any atom is -0.381 e. The Kier molecular flexibility index (Phi) is 9.42. The number of hydrogen-bond donors (Lipinski definition) is 2. The van der Waals surface area contributed by atoms with Gasteiger partial charge in [0.05, 0.1) is 0 Å². The largest absolute Gasteiger partial charge is 0.381 e. The Morgan fingerprint density at radius 2 is 1.92 bits per heavy atom. The van der Waals surface area contributed by atoms with Gasteiger partial charge in [0.25, 0.3) is 0 Å². The van der Waals surface area contributed by atoms with Gasteiger partial charge < -0.3 is 15.4 Å². The van der Waals surface area contributed by atoms with E-state index >= 15 is 0 Å². The monoisotopic (exact) mass is 370 g/mol. The van der Waals surface area contributed by atoms with Crippen molar-refractivity contribution in [2.75, 3.05) is 57.9 Å². The number of aliphatic imine (C=N–C) groups is 1. The van der Waals surface area contributed by atoms with Crippen molar-refractivity contribution in [3.63, 3.8) is 0 Å². The normalized spacial score (nSPS) is 21.7. The molecule has 0 unspecified atom stereocenters. The highest BCUT2D eigenvalue weighted by Gasteiger charge is 2.39. The van der Waals surface area contributed by atoms with Crippen LogP contribution in [0.5, 0.6) is 0 Å². The third kappa shape index (κ3) is 6.99. The number of guanidine groups is 1. The van der Waals surface area contributed by atoms with Crippen LogP contribution in [0.2, 0.25) is 0 Å². The van der Waals surface area contributed by atoms with Crippen LogP contribution in [0.25, 0.3) is 0 Å². The van der Waals surface area contributed by atoms with Crippen LogP contribution >= 0.6 is 11.8 Å². The molecule has 1 saturated heterocycles. The summed E-state index contributed by atoms with van der Waals surface area (Å²) in [6, 6.07) is 0. The molecule has 1 aliphatic carbocycles. The maximum Gasteiger partial charge on any atom is 0.191 e. The van der Waals surface area contributed by atoms with E-state index in [1.807, 2.05) is 7.05 Å². The molecule has 0 bridgehead atoms. The molecule has 146 valence electrons. The van der Waals surface area contributed by atoms with Gasteiger partial charge in [-0.2, -0.15) is 11.8 Å². The Morgan fingerprint density at radius 1 is 1.20 bits per heavy atom. The second kappa shape index (κ2) is 11.3. The van der Waals surface area contributed by atoms with Crippen LogP contribution < -0.4 is 10.6 Å². The molecule has 0 aromatic rings. The summed E-state index contributed by atoms with van der Waals surface area (Å²) in [5.74, 6) is 4.11. The number of hydrogen-bond acceptors (Lipinski definition) is 4. The minimum atomic E-state index is 0.346. The smallest absolute Gasteiger partial charge is 0.191 e. The predicted molar refractivity (Wildman–Crippen MR) is 110 cm³/mol. The van der Waals surface area contributed by atoms with E-state index in [2.05, 4.69) is 46.1 Å². The van der Waals surface area contributed by atoms with Gasteiger partial charge in [-0.1, -0.05) is 26.7 Å². The fourth-order valence-electron chi connectivity index (χ4n) is 3.84. The van der Waals surface area contributed by atoms with Crippen LogP contribution in [0.3, 0.4) is 0 Å². The lowest BCUT2D eigenvalue weighted by Crippen LogP contribution is -2.57. The molecule has 5 nitrogen and oxygen atoms in total. The van der Waals surface area contributed by atoms with Crippen molar-refractivity contribution in [1.29, 1.82) is 0 Å². The number of nitrogens with one attached hydrogen (secondary N) is 2. The molecular formula is C19H38N4OS. The van der Waals surface area contributed by atoms with Gasteiger partial charge in [-0.25, -0.2) is 0 Å². The molecule has 0 spiro atoms. The molecule has 0 atom stereocenters. The summed E-state index contributed by atoms with van der Waals surface area (Å²) in [6.45, 7) is 10.4. The number of rotatable bonds is 9. The fourth-order valence-corrected chi connectivity index (χ4v) is 4.75. The van der Waals surface area contributed by atoms with Gasteiger partial charge in [0, 0.05) is 63.5 Å². The standard InChI is InChI=1S/C19H38N4OS/c1-17(2)15-24-12-6-9-21-18(20-3)22-16-19(7-4-5-8-19)23-10-13-25-14-11-23/h17H,4-16H2,1-3H3,(H2,20,21,22). The zero-order chi connectivity index (χ0) is 18.0. The summed E-state index contributed by atoms with van der Waals surface area (Å²) in [6.07, 6.45) is 6.40. The van der Waals surface area contributed by atoms with E-state index in [-0.39, 0.29) is 0 Å². The molecule has 0 aromatic heterocycles. The van der Waals surface area contributed by atoms with Crippen molar-refractivity contribution in [2.45, 2.75) is 51.5 Å². The minimum absolute atomic E-state index is 0.346. The highest BCUT2D eigenvalue weighted by molar-refractivity contribution is 7.99.